The zero-order chi connectivity index (χ0) is 12.5. The summed E-state index contributed by atoms with van der Waals surface area (Å²) in [6, 6.07) is 3.94. The minimum absolute atomic E-state index is 0.0840. The van der Waals surface area contributed by atoms with Crippen molar-refractivity contribution in [2.24, 2.45) is 5.73 Å². The van der Waals surface area contributed by atoms with Gasteiger partial charge in [0.15, 0.2) is 5.82 Å². The van der Waals surface area contributed by atoms with E-state index >= 15 is 0 Å². The van der Waals surface area contributed by atoms with Crippen LogP contribution >= 0.6 is 15.9 Å². The highest BCUT2D eigenvalue weighted by atomic mass is 79.9. The van der Waals surface area contributed by atoms with E-state index in [4.69, 9.17) is 5.73 Å². The first-order valence-corrected chi connectivity index (χ1v) is 6.76. The maximum absolute atomic E-state index is 6.05. The summed E-state index contributed by atoms with van der Waals surface area (Å²) in [7, 11) is 0. The first kappa shape index (κ1) is 11.7. The van der Waals surface area contributed by atoms with E-state index in [2.05, 4.69) is 30.9 Å². The minimum atomic E-state index is 0.0840. The van der Waals surface area contributed by atoms with Crippen LogP contribution in [0.1, 0.15) is 30.1 Å². The van der Waals surface area contributed by atoms with Gasteiger partial charge in [-0.05, 0) is 47.3 Å². The van der Waals surface area contributed by atoms with Gasteiger partial charge in [0, 0.05) is 34.2 Å². The zero-order valence-corrected chi connectivity index (χ0v) is 11.4. The molecule has 2 aromatic heterocycles. The van der Waals surface area contributed by atoms with Crippen LogP contribution in [0.3, 0.4) is 0 Å². The van der Waals surface area contributed by atoms with Crippen LogP contribution in [0.2, 0.25) is 0 Å². The molecule has 0 amide bonds. The molecule has 0 fully saturated rings. The molecule has 1 aliphatic carbocycles. The van der Waals surface area contributed by atoms with Crippen LogP contribution in [0.4, 0.5) is 0 Å². The topological polar surface area (TPSA) is 64.7 Å². The fraction of sp³-hybridized carbons (Fsp3) is 0.308. The van der Waals surface area contributed by atoms with Gasteiger partial charge in [0.05, 0.1) is 0 Å². The maximum Gasteiger partial charge on any atom is 0.178 e. The van der Waals surface area contributed by atoms with Crippen LogP contribution in [-0.4, -0.2) is 15.0 Å². The van der Waals surface area contributed by atoms with Crippen molar-refractivity contribution in [2.45, 2.75) is 25.3 Å². The fourth-order valence-electron chi connectivity index (χ4n) is 2.21. The van der Waals surface area contributed by atoms with Crippen molar-refractivity contribution >= 4 is 15.9 Å². The second kappa shape index (κ2) is 4.74. The third-order valence-corrected chi connectivity index (χ3v) is 3.65. The molecule has 0 spiro atoms. The van der Waals surface area contributed by atoms with Crippen LogP contribution in [0, 0.1) is 0 Å². The largest absolute Gasteiger partial charge is 0.324 e. The van der Waals surface area contributed by atoms with Gasteiger partial charge in [0.1, 0.15) is 5.69 Å². The number of hydrogen-bond acceptors (Lipinski definition) is 4. The number of rotatable bonds is 1. The van der Waals surface area contributed by atoms with Gasteiger partial charge in [-0.15, -0.1) is 0 Å². The molecule has 92 valence electrons. The van der Waals surface area contributed by atoms with Crippen molar-refractivity contribution < 1.29 is 0 Å². The molecule has 0 bridgehead atoms. The molecule has 0 saturated carbocycles. The minimum Gasteiger partial charge on any atom is -0.324 e. The van der Waals surface area contributed by atoms with E-state index in [0.29, 0.717) is 5.82 Å². The highest BCUT2D eigenvalue weighted by molar-refractivity contribution is 9.10. The van der Waals surface area contributed by atoms with Crippen molar-refractivity contribution in [3.63, 3.8) is 0 Å². The molecule has 18 heavy (non-hydrogen) atoms. The second-order valence-corrected chi connectivity index (χ2v) is 5.37. The number of hydrogen-bond donors (Lipinski definition) is 1. The summed E-state index contributed by atoms with van der Waals surface area (Å²) < 4.78 is 0.950. The summed E-state index contributed by atoms with van der Waals surface area (Å²) in [5.41, 5.74) is 9.00. The number of nitrogens with zero attached hydrogens (tertiary/aromatic N) is 3. The molecule has 1 unspecified atom stereocenters. The van der Waals surface area contributed by atoms with Gasteiger partial charge in [-0.2, -0.15) is 0 Å². The number of halogens is 1. The summed E-state index contributed by atoms with van der Waals surface area (Å²) in [6.45, 7) is 0. The van der Waals surface area contributed by atoms with Gasteiger partial charge in [-0.3, -0.25) is 4.98 Å². The van der Waals surface area contributed by atoms with E-state index in [1.54, 1.807) is 6.20 Å². The molecular formula is C13H13BrN4. The van der Waals surface area contributed by atoms with Crippen LogP contribution in [0.25, 0.3) is 11.5 Å². The predicted octanol–water partition coefficient (Wildman–Crippen LogP) is 2.64. The first-order valence-electron chi connectivity index (χ1n) is 5.97. The molecule has 1 aliphatic rings. The van der Waals surface area contributed by atoms with Crippen LogP contribution in [0.15, 0.2) is 29.0 Å². The maximum atomic E-state index is 6.05. The van der Waals surface area contributed by atoms with Gasteiger partial charge in [0.2, 0.25) is 0 Å². The number of aryl methyl sites for hydroxylation is 1. The first-order chi connectivity index (χ1) is 8.74. The van der Waals surface area contributed by atoms with Gasteiger partial charge in [0.25, 0.3) is 0 Å². The van der Waals surface area contributed by atoms with Crippen molar-refractivity contribution in [3.05, 3.63) is 40.3 Å². The lowest BCUT2D eigenvalue weighted by Gasteiger charge is -2.20. The Hall–Kier alpha value is -1.33. The van der Waals surface area contributed by atoms with E-state index in [1.807, 2.05) is 18.3 Å². The lowest BCUT2D eigenvalue weighted by molar-refractivity contribution is 0.557. The van der Waals surface area contributed by atoms with Crippen LogP contribution in [-0.2, 0) is 6.42 Å². The third kappa shape index (κ3) is 2.15. The molecule has 0 saturated heterocycles. The molecule has 4 nitrogen and oxygen atoms in total. The molecule has 0 aromatic carbocycles. The Morgan fingerprint density at radius 3 is 2.89 bits per heavy atom. The number of nitrogens with two attached hydrogens (primary N) is 1. The Balaban J connectivity index is 2.01. The molecule has 1 atom stereocenters. The Labute approximate surface area is 114 Å². The summed E-state index contributed by atoms with van der Waals surface area (Å²) in [6.07, 6.45) is 6.70. The second-order valence-electron chi connectivity index (χ2n) is 4.46. The highest BCUT2D eigenvalue weighted by Crippen LogP contribution is 2.27. The Morgan fingerprint density at radius 1 is 1.22 bits per heavy atom. The van der Waals surface area contributed by atoms with Crippen LogP contribution in [0.5, 0.6) is 0 Å². The van der Waals surface area contributed by atoms with Crippen molar-refractivity contribution in [1.29, 1.82) is 0 Å². The molecule has 2 heterocycles. The fourth-order valence-corrected chi connectivity index (χ4v) is 2.45. The van der Waals surface area contributed by atoms with Gasteiger partial charge < -0.3 is 5.73 Å². The number of aromatic nitrogens is 3. The Bertz CT molecular complexity index is 568. The standard InChI is InChI=1S/C13H13BrN4/c14-8-4-5-12(16-6-8)13-17-7-9-10(15)2-1-3-11(9)18-13/h4-7,10H,1-3,15H2. The Kier molecular flexibility index (Phi) is 3.09. The molecule has 2 N–H and O–H groups in total. The normalized spacial score (nSPS) is 18.4. The molecule has 0 aliphatic heterocycles. The van der Waals surface area contributed by atoms with Gasteiger partial charge >= 0.3 is 0 Å². The smallest absolute Gasteiger partial charge is 0.178 e. The summed E-state index contributed by atoms with van der Waals surface area (Å²) in [5, 5.41) is 0. The third-order valence-electron chi connectivity index (χ3n) is 3.18. The molecule has 2 aromatic rings. The van der Waals surface area contributed by atoms with Gasteiger partial charge in [-0.25, -0.2) is 9.97 Å². The molecule has 3 rings (SSSR count). The van der Waals surface area contributed by atoms with Crippen LogP contribution < -0.4 is 5.73 Å². The highest BCUT2D eigenvalue weighted by Gasteiger charge is 2.19. The predicted molar refractivity (Wildman–Crippen MR) is 72.8 cm³/mol. The van der Waals surface area contributed by atoms with Crippen molar-refractivity contribution in [2.75, 3.05) is 0 Å². The van der Waals surface area contributed by atoms with E-state index in [1.165, 1.54) is 0 Å². The monoisotopic (exact) mass is 304 g/mol. The van der Waals surface area contributed by atoms with E-state index in [-0.39, 0.29) is 6.04 Å². The summed E-state index contributed by atoms with van der Waals surface area (Å²) >= 11 is 3.37. The average Bonchev–Trinajstić information content (AvgIpc) is 2.39. The van der Waals surface area contributed by atoms with Crippen molar-refractivity contribution in [1.82, 2.24) is 15.0 Å². The summed E-state index contributed by atoms with van der Waals surface area (Å²) in [5.74, 6) is 0.676. The number of pyridine rings is 1. The van der Waals surface area contributed by atoms with E-state index < -0.39 is 0 Å². The van der Waals surface area contributed by atoms with Crippen molar-refractivity contribution in [3.8, 4) is 11.5 Å². The van der Waals surface area contributed by atoms with Gasteiger partial charge in [-0.1, -0.05) is 0 Å². The molecular weight excluding hydrogens is 292 g/mol. The zero-order valence-electron chi connectivity index (χ0n) is 9.81. The average molecular weight is 305 g/mol. The SMILES string of the molecule is NC1CCCc2nc(-c3ccc(Br)cn3)ncc21. The number of fused-ring (bicyclic) bond motifs is 1. The summed E-state index contributed by atoms with van der Waals surface area (Å²) in [4.78, 5) is 13.3. The molecule has 5 heteroatoms. The quantitative estimate of drug-likeness (QED) is 0.879. The van der Waals surface area contributed by atoms with E-state index in [0.717, 1.165) is 40.7 Å². The lowest BCUT2D eigenvalue weighted by Crippen LogP contribution is -2.19. The van der Waals surface area contributed by atoms with E-state index in [9.17, 15) is 0 Å². The molecule has 0 radical (unpaired) electrons. The Morgan fingerprint density at radius 2 is 2.11 bits per heavy atom. The lowest BCUT2D eigenvalue weighted by atomic mass is 9.93.